The standard InChI is InChI=1S/C12H25NO3/c1-6-16-10-7-9(12(10,2)3)13-8-11(14-4)15-5/h9-11,13H,6-8H2,1-5H3. The highest BCUT2D eigenvalue weighted by Gasteiger charge is 2.48. The van der Waals surface area contributed by atoms with Crippen LogP contribution >= 0.6 is 0 Å². The zero-order valence-electron chi connectivity index (χ0n) is 11.1. The molecule has 1 aliphatic rings. The summed E-state index contributed by atoms with van der Waals surface area (Å²) in [4.78, 5) is 0. The van der Waals surface area contributed by atoms with E-state index in [1.165, 1.54) is 0 Å². The molecule has 96 valence electrons. The topological polar surface area (TPSA) is 39.7 Å². The Bertz CT molecular complexity index is 204. The van der Waals surface area contributed by atoms with E-state index in [0.717, 1.165) is 19.6 Å². The molecule has 0 heterocycles. The van der Waals surface area contributed by atoms with Crippen molar-refractivity contribution >= 4 is 0 Å². The summed E-state index contributed by atoms with van der Waals surface area (Å²) in [5.41, 5.74) is 0.196. The van der Waals surface area contributed by atoms with Crippen LogP contribution in [0.1, 0.15) is 27.2 Å². The average molecular weight is 231 g/mol. The van der Waals surface area contributed by atoms with Gasteiger partial charge in [-0.2, -0.15) is 0 Å². The van der Waals surface area contributed by atoms with Crippen LogP contribution in [0, 0.1) is 5.41 Å². The summed E-state index contributed by atoms with van der Waals surface area (Å²) in [7, 11) is 3.32. The van der Waals surface area contributed by atoms with E-state index in [-0.39, 0.29) is 11.7 Å². The van der Waals surface area contributed by atoms with Gasteiger partial charge in [-0.25, -0.2) is 0 Å². The number of nitrogens with one attached hydrogen (secondary N) is 1. The third-order valence-corrected chi connectivity index (χ3v) is 3.60. The van der Waals surface area contributed by atoms with Crippen LogP contribution in [0.25, 0.3) is 0 Å². The van der Waals surface area contributed by atoms with Crippen molar-refractivity contribution < 1.29 is 14.2 Å². The molecule has 1 N–H and O–H groups in total. The maximum Gasteiger partial charge on any atom is 0.169 e. The molecule has 1 rings (SSSR count). The van der Waals surface area contributed by atoms with Crippen LogP contribution in [0.5, 0.6) is 0 Å². The molecular weight excluding hydrogens is 206 g/mol. The molecule has 1 aliphatic carbocycles. The molecule has 0 saturated heterocycles. The van der Waals surface area contributed by atoms with Crippen molar-refractivity contribution in [3.63, 3.8) is 0 Å². The highest BCUT2D eigenvalue weighted by molar-refractivity contribution is 5.02. The fourth-order valence-corrected chi connectivity index (χ4v) is 2.22. The summed E-state index contributed by atoms with van der Waals surface area (Å²) in [5, 5.41) is 3.47. The number of ether oxygens (including phenoxy) is 3. The van der Waals surface area contributed by atoms with Gasteiger partial charge in [0.05, 0.1) is 6.10 Å². The Morgan fingerprint density at radius 1 is 1.31 bits per heavy atom. The van der Waals surface area contributed by atoms with E-state index in [9.17, 15) is 0 Å². The number of hydrogen-bond donors (Lipinski definition) is 1. The van der Waals surface area contributed by atoms with Gasteiger partial charge in [0.2, 0.25) is 0 Å². The first-order chi connectivity index (χ1) is 7.56. The zero-order chi connectivity index (χ0) is 12.2. The molecule has 0 aromatic carbocycles. The van der Waals surface area contributed by atoms with Crippen molar-refractivity contribution in [2.75, 3.05) is 27.4 Å². The van der Waals surface area contributed by atoms with Crippen molar-refractivity contribution in [3.05, 3.63) is 0 Å². The molecule has 4 nitrogen and oxygen atoms in total. The van der Waals surface area contributed by atoms with E-state index in [0.29, 0.717) is 12.1 Å². The zero-order valence-corrected chi connectivity index (χ0v) is 11.1. The lowest BCUT2D eigenvalue weighted by molar-refractivity contribution is -0.132. The maximum absolute atomic E-state index is 5.68. The molecule has 0 bridgehead atoms. The monoisotopic (exact) mass is 231 g/mol. The van der Waals surface area contributed by atoms with Gasteiger partial charge in [0.1, 0.15) is 0 Å². The minimum absolute atomic E-state index is 0.165. The second-order valence-corrected chi connectivity index (χ2v) is 4.86. The summed E-state index contributed by atoms with van der Waals surface area (Å²) in [5.74, 6) is 0. The molecule has 0 aliphatic heterocycles. The van der Waals surface area contributed by atoms with Crippen molar-refractivity contribution in [1.29, 1.82) is 0 Å². The second-order valence-electron chi connectivity index (χ2n) is 4.86. The Morgan fingerprint density at radius 2 is 1.94 bits per heavy atom. The predicted octanol–water partition coefficient (Wildman–Crippen LogP) is 1.40. The van der Waals surface area contributed by atoms with Crippen LogP contribution in [-0.2, 0) is 14.2 Å². The highest BCUT2D eigenvalue weighted by atomic mass is 16.7. The Morgan fingerprint density at radius 3 is 2.38 bits per heavy atom. The molecule has 0 spiro atoms. The highest BCUT2D eigenvalue weighted by Crippen LogP contribution is 2.42. The SMILES string of the molecule is CCOC1CC(NCC(OC)OC)C1(C)C. The smallest absolute Gasteiger partial charge is 0.169 e. The average Bonchev–Trinajstić information content (AvgIpc) is 2.27. The van der Waals surface area contributed by atoms with Gasteiger partial charge in [-0.3, -0.25) is 0 Å². The molecule has 2 atom stereocenters. The van der Waals surface area contributed by atoms with Crippen LogP contribution in [0.15, 0.2) is 0 Å². The first-order valence-corrected chi connectivity index (χ1v) is 5.96. The fourth-order valence-electron chi connectivity index (χ4n) is 2.22. The van der Waals surface area contributed by atoms with E-state index < -0.39 is 0 Å². The van der Waals surface area contributed by atoms with Gasteiger partial charge in [-0.15, -0.1) is 0 Å². The van der Waals surface area contributed by atoms with Crippen molar-refractivity contribution in [2.45, 2.75) is 45.6 Å². The molecular formula is C12H25NO3. The Balaban J connectivity index is 2.30. The Labute approximate surface area is 98.6 Å². The van der Waals surface area contributed by atoms with Gasteiger partial charge in [0, 0.05) is 38.8 Å². The lowest BCUT2D eigenvalue weighted by Gasteiger charge is -2.52. The first-order valence-electron chi connectivity index (χ1n) is 5.96. The fraction of sp³-hybridized carbons (Fsp3) is 1.00. The normalized spacial score (nSPS) is 28.1. The summed E-state index contributed by atoms with van der Waals surface area (Å²) in [6.07, 6.45) is 1.28. The van der Waals surface area contributed by atoms with E-state index in [4.69, 9.17) is 14.2 Å². The van der Waals surface area contributed by atoms with Gasteiger partial charge in [-0.05, 0) is 13.3 Å². The lowest BCUT2D eigenvalue weighted by atomic mass is 9.64. The molecule has 0 amide bonds. The summed E-state index contributed by atoms with van der Waals surface area (Å²) < 4.78 is 16.0. The van der Waals surface area contributed by atoms with E-state index in [2.05, 4.69) is 19.2 Å². The van der Waals surface area contributed by atoms with Crippen molar-refractivity contribution in [1.82, 2.24) is 5.32 Å². The van der Waals surface area contributed by atoms with Gasteiger partial charge in [-0.1, -0.05) is 13.8 Å². The third kappa shape index (κ3) is 2.94. The largest absolute Gasteiger partial charge is 0.378 e. The third-order valence-electron chi connectivity index (χ3n) is 3.60. The van der Waals surface area contributed by atoms with Crippen LogP contribution in [0.3, 0.4) is 0 Å². The van der Waals surface area contributed by atoms with E-state index in [1.807, 2.05) is 6.92 Å². The molecule has 2 unspecified atom stereocenters. The van der Waals surface area contributed by atoms with Crippen LogP contribution in [-0.4, -0.2) is 45.8 Å². The lowest BCUT2D eigenvalue weighted by Crippen LogP contribution is -2.61. The van der Waals surface area contributed by atoms with Gasteiger partial charge < -0.3 is 19.5 Å². The minimum atomic E-state index is -0.165. The Hall–Kier alpha value is -0.160. The second kappa shape index (κ2) is 5.96. The van der Waals surface area contributed by atoms with Crippen LogP contribution < -0.4 is 5.32 Å². The summed E-state index contributed by atoms with van der Waals surface area (Å²) >= 11 is 0. The molecule has 16 heavy (non-hydrogen) atoms. The quantitative estimate of drug-likeness (QED) is 0.672. The molecule has 1 saturated carbocycles. The van der Waals surface area contributed by atoms with E-state index in [1.54, 1.807) is 14.2 Å². The molecule has 0 aromatic rings. The van der Waals surface area contributed by atoms with E-state index >= 15 is 0 Å². The molecule has 1 fully saturated rings. The van der Waals surface area contributed by atoms with Crippen molar-refractivity contribution in [2.24, 2.45) is 5.41 Å². The first kappa shape index (κ1) is 13.9. The number of hydrogen-bond acceptors (Lipinski definition) is 4. The minimum Gasteiger partial charge on any atom is -0.378 e. The van der Waals surface area contributed by atoms with Crippen molar-refractivity contribution in [3.8, 4) is 0 Å². The van der Waals surface area contributed by atoms with Gasteiger partial charge >= 0.3 is 0 Å². The summed E-state index contributed by atoms with van der Waals surface area (Å²) in [6.45, 7) is 8.04. The summed E-state index contributed by atoms with van der Waals surface area (Å²) in [6, 6.07) is 0.483. The molecule has 0 aromatic heterocycles. The maximum atomic E-state index is 5.68. The number of methoxy groups -OCH3 is 2. The van der Waals surface area contributed by atoms with Gasteiger partial charge in [0.25, 0.3) is 0 Å². The van der Waals surface area contributed by atoms with Crippen LogP contribution in [0.2, 0.25) is 0 Å². The Kier molecular flexibility index (Phi) is 5.18. The molecule has 0 radical (unpaired) electrons. The van der Waals surface area contributed by atoms with Gasteiger partial charge in [0.15, 0.2) is 6.29 Å². The number of rotatable bonds is 7. The van der Waals surface area contributed by atoms with Crippen LogP contribution in [0.4, 0.5) is 0 Å². The predicted molar refractivity (Wildman–Crippen MR) is 63.4 cm³/mol. The molecule has 4 heteroatoms.